The number of aromatic nitrogens is 1. The van der Waals surface area contributed by atoms with E-state index in [1.807, 2.05) is 60.7 Å². The Hall–Kier alpha value is -4.42. The number of piperidine rings is 1. The first-order valence-electron chi connectivity index (χ1n) is 11.7. The molecule has 3 aromatic rings. The van der Waals surface area contributed by atoms with E-state index in [0.29, 0.717) is 36.5 Å². The number of nitrogens with zero attached hydrogens (tertiary/aromatic N) is 2. The lowest BCUT2D eigenvalue weighted by molar-refractivity contribution is -0.121. The number of nitrogens with two attached hydrogens (primary N) is 1. The minimum absolute atomic E-state index is 0.0185. The molecule has 0 radical (unpaired) electrons. The van der Waals surface area contributed by atoms with E-state index in [1.165, 1.54) is 0 Å². The standard InChI is InChI=1S/C27H27N5O4/c28-15-21-23(31-26(34)19-10-12-30-13-11-19)14-22(32-27(21)36-17-25(29)33)20-8-4-5-9-24(20)35-16-18-6-2-1-3-7-18/h1-9,14,19,30H,10-13,16-17H2,(H2,29,33)(H,31,32,34). The number of ether oxygens (including phenoxy) is 2. The molecule has 1 fully saturated rings. The summed E-state index contributed by atoms with van der Waals surface area (Å²) in [7, 11) is 0. The lowest BCUT2D eigenvalue weighted by Crippen LogP contribution is -2.34. The summed E-state index contributed by atoms with van der Waals surface area (Å²) >= 11 is 0. The third-order valence-electron chi connectivity index (χ3n) is 5.82. The molecule has 1 aromatic heterocycles. The molecule has 36 heavy (non-hydrogen) atoms. The van der Waals surface area contributed by atoms with Gasteiger partial charge < -0.3 is 25.8 Å². The molecular weight excluding hydrogens is 458 g/mol. The second-order valence-corrected chi connectivity index (χ2v) is 8.39. The van der Waals surface area contributed by atoms with Gasteiger partial charge in [0.25, 0.3) is 5.91 Å². The second kappa shape index (κ2) is 11.8. The minimum atomic E-state index is -0.710. The Morgan fingerprint density at radius 1 is 1.08 bits per heavy atom. The number of carbonyl (C=O) groups is 2. The van der Waals surface area contributed by atoms with Crippen molar-refractivity contribution < 1.29 is 19.1 Å². The highest BCUT2D eigenvalue weighted by molar-refractivity contribution is 5.95. The van der Waals surface area contributed by atoms with E-state index in [9.17, 15) is 14.9 Å². The molecular formula is C27H27N5O4. The predicted molar refractivity (Wildman–Crippen MR) is 134 cm³/mol. The topological polar surface area (TPSA) is 139 Å². The number of hydrogen-bond acceptors (Lipinski definition) is 7. The van der Waals surface area contributed by atoms with Crippen molar-refractivity contribution in [2.75, 3.05) is 25.0 Å². The fourth-order valence-electron chi connectivity index (χ4n) is 3.97. The van der Waals surface area contributed by atoms with Crippen LogP contribution in [0.3, 0.4) is 0 Å². The first-order valence-corrected chi connectivity index (χ1v) is 11.7. The van der Waals surface area contributed by atoms with Crippen LogP contribution in [0.2, 0.25) is 0 Å². The Morgan fingerprint density at radius 2 is 1.81 bits per heavy atom. The SMILES string of the molecule is N#Cc1c(NC(=O)C2CCNCC2)cc(-c2ccccc2OCc2ccccc2)nc1OCC(N)=O. The molecule has 4 rings (SSSR count). The van der Waals surface area contributed by atoms with Crippen molar-refractivity contribution in [2.45, 2.75) is 19.4 Å². The largest absolute Gasteiger partial charge is 0.488 e. The molecule has 0 atom stereocenters. The van der Waals surface area contributed by atoms with Gasteiger partial charge in [0.15, 0.2) is 6.61 Å². The normalized spacial score (nSPS) is 13.4. The van der Waals surface area contributed by atoms with Crippen molar-refractivity contribution in [3.05, 3.63) is 71.8 Å². The summed E-state index contributed by atoms with van der Waals surface area (Å²) in [6, 6.07) is 20.7. The van der Waals surface area contributed by atoms with Crippen molar-refractivity contribution >= 4 is 17.5 Å². The number of hydrogen-bond donors (Lipinski definition) is 3. The number of nitrogens with one attached hydrogen (secondary N) is 2. The van der Waals surface area contributed by atoms with Crippen molar-refractivity contribution in [3.8, 4) is 29.0 Å². The highest BCUT2D eigenvalue weighted by Gasteiger charge is 2.24. The number of nitriles is 1. The molecule has 0 aliphatic carbocycles. The molecule has 0 unspecified atom stereocenters. The number of para-hydroxylation sites is 1. The van der Waals surface area contributed by atoms with Crippen molar-refractivity contribution in [1.29, 1.82) is 5.26 Å². The van der Waals surface area contributed by atoms with Crippen molar-refractivity contribution in [2.24, 2.45) is 11.7 Å². The van der Waals surface area contributed by atoms with Crippen LogP contribution in [0.25, 0.3) is 11.3 Å². The molecule has 1 saturated heterocycles. The van der Waals surface area contributed by atoms with Crippen LogP contribution in [0, 0.1) is 17.2 Å². The zero-order valence-electron chi connectivity index (χ0n) is 19.7. The van der Waals surface area contributed by atoms with Gasteiger partial charge in [-0.2, -0.15) is 5.26 Å². The zero-order chi connectivity index (χ0) is 25.3. The van der Waals surface area contributed by atoms with Crippen LogP contribution in [-0.2, 0) is 16.2 Å². The highest BCUT2D eigenvalue weighted by Crippen LogP contribution is 2.35. The fourth-order valence-corrected chi connectivity index (χ4v) is 3.97. The number of anilines is 1. The Bertz CT molecular complexity index is 1270. The molecule has 9 heteroatoms. The Kier molecular flexibility index (Phi) is 8.11. The van der Waals surface area contributed by atoms with Crippen LogP contribution in [0.4, 0.5) is 5.69 Å². The van der Waals surface area contributed by atoms with Gasteiger partial charge in [-0.15, -0.1) is 0 Å². The molecule has 9 nitrogen and oxygen atoms in total. The van der Waals surface area contributed by atoms with Crippen LogP contribution in [-0.4, -0.2) is 36.5 Å². The Balaban J connectivity index is 1.70. The maximum absolute atomic E-state index is 13.0. The summed E-state index contributed by atoms with van der Waals surface area (Å²) in [6.45, 7) is 1.39. The predicted octanol–water partition coefficient (Wildman–Crippen LogP) is 3.00. The molecule has 2 heterocycles. The van der Waals surface area contributed by atoms with E-state index < -0.39 is 12.5 Å². The third kappa shape index (κ3) is 6.17. The van der Waals surface area contributed by atoms with Gasteiger partial charge in [0.05, 0.1) is 11.4 Å². The maximum Gasteiger partial charge on any atom is 0.255 e. The smallest absolute Gasteiger partial charge is 0.255 e. The lowest BCUT2D eigenvalue weighted by atomic mass is 9.97. The van der Waals surface area contributed by atoms with Crippen LogP contribution in [0.15, 0.2) is 60.7 Å². The number of carbonyl (C=O) groups excluding carboxylic acids is 2. The van der Waals surface area contributed by atoms with Gasteiger partial charge in [-0.1, -0.05) is 42.5 Å². The summed E-state index contributed by atoms with van der Waals surface area (Å²) in [5.74, 6) is -0.592. The van der Waals surface area contributed by atoms with E-state index in [4.69, 9.17) is 15.2 Å². The van der Waals surface area contributed by atoms with E-state index in [1.54, 1.807) is 6.07 Å². The summed E-state index contributed by atoms with van der Waals surface area (Å²) < 4.78 is 11.6. The highest BCUT2D eigenvalue weighted by atomic mass is 16.5. The van der Waals surface area contributed by atoms with Crippen molar-refractivity contribution in [3.63, 3.8) is 0 Å². The van der Waals surface area contributed by atoms with Gasteiger partial charge in [0.2, 0.25) is 11.8 Å². The minimum Gasteiger partial charge on any atom is -0.488 e. The Morgan fingerprint density at radius 3 is 2.53 bits per heavy atom. The van der Waals surface area contributed by atoms with E-state index in [-0.39, 0.29) is 29.0 Å². The van der Waals surface area contributed by atoms with Crippen LogP contribution >= 0.6 is 0 Å². The second-order valence-electron chi connectivity index (χ2n) is 8.39. The molecule has 2 amide bonds. The number of benzene rings is 2. The van der Waals surface area contributed by atoms with Gasteiger partial charge in [-0.3, -0.25) is 9.59 Å². The zero-order valence-corrected chi connectivity index (χ0v) is 19.7. The van der Waals surface area contributed by atoms with Crippen LogP contribution < -0.4 is 25.8 Å². The first-order chi connectivity index (χ1) is 17.5. The monoisotopic (exact) mass is 485 g/mol. The number of pyridine rings is 1. The number of primary amides is 1. The molecule has 4 N–H and O–H groups in total. The average Bonchev–Trinajstić information content (AvgIpc) is 2.91. The molecule has 2 aromatic carbocycles. The summed E-state index contributed by atoms with van der Waals surface area (Å²) in [4.78, 5) is 28.8. The molecule has 0 spiro atoms. The van der Waals surface area contributed by atoms with Gasteiger partial charge in [-0.05, 0) is 49.7 Å². The van der Waals surface area contributed by atoms with Gasteiger partial charge in [0.1, 0.15) is 24.0 Å². The average molecular weight is 486 g/mol. The molecule has 1 aliphatic rings. The van der Waals surface area contributed by atoms with Crippen LogP contribution in [0.1, 0.15) is 24.0 Å². The fraction of sp³-hybridized carbons (Fsp3) is 0.259. The number of amides is 2. The van der Waals surface area contributed by atoms with Crippen molar-refractivity contribution in [1.82, 2.24) is 10.3 Å². The van der Waals surface area contributed by atoms with Gasteiger partial charge in [-0.25, -0.2) is 4.98 Å². The molecule has 0 bridgehead atoms. The third-order valence-corrected chi connectivity index (χ3v) is 5.82. The van der Waals surface area contributed by atoms with E-state index in [0.717, 1.165) is 18.7 Å². The van der Waals surface area contributed by atoms with Gasteiger partial charge >= 0.3 is 0 Å². The van der Waals surface area contributed by atoms with Crippen LogP contribution in [0.5, 0.6) is 11.6 Å². The molecule has 184 valence electrons. The van der Waals surface area contributed by atoms with E-state index >= 15 is 0 Å². The molecule has 1 aliphatic heterocycles. The quantitative estimate of drug-likeness (QED) is 0.423. The Labute approximate surface area is 209 Å². The molecule has 0 saturated carbocycles. The summed E-state index contributed by atoms with van der Waals surface area (Å²) in [6.07, 6.45) is 1.40. The summed E-state index contributed by atoms with van der Waals surface area (Å²) in [5.41, 5.74) is 7.57. The first kappa shape index (κ1) is 24.7. The maximum atomic E-state index is 13.0. The lowest BCUT2D eigenvalue weighted by Gasteiger charge is -2.22. The number of rotatable bonds is 9. The van der Waals surface area contributed by atoms with E-state index in [2.05, 4.69) is 15.6 Å². The van der Waals surface area contributed by atoms with Gasteiger partial charge in [0, 0.05) is 11.5 Å². The summed E-state index contributed by atoms with van der Waals surface area (Å²) in [5, 5.41) is 16.0.